The summed E-state index contributed by atoms with van der Waals surface area (Å²) in [4.78, 5) is 11.2. The van der Waals surface area contributed by atoms with Gasteiger partial charge >= 0.3 is 0 Å². The van der Waals surface area contributed by atoms with E-state index in [0.717, 1.165) is 12.7 Å². The fourth-order valence-corrected chi connectivity index (χ4v) is 2.10. The van der Waals surface area contributed by atoms with Crippen LogP contribution in [0.1, 0.15) is 19.8 Å². The molecule has 0 saturated heterocycles. The Morgan fingerprint density at radius 1 is 1.35 bits per heavy atom. The van der Waals surface area contributed by atoms with Crippen LogP contribution in [0.25, 0.3) is 0 Å². The zero-order valence-electron chi connectivity index (χ0n) is 10.7. The Morgan fingerprint density at radius 2 is 2.00 bits per heavy atom. The van der Waals surface area contributed by atoms with Crippen LogP contribution < -0.4 is 5.32 Å². The minimum atomic E-state index is -3.25. The Kier molecular flexibility index (Phi) is 8.11. The number of methoxy groups -OCH3 is 1. The molecule has 7 heteroatoms. The number of amides is 1. The number of carbonyl (C=O) groups excluding carboxylic acids is 1. The van der Waals surface area contributed by atoms with Gasteiger partial charge in [-0.1, -0.05) is 6.92 Å². The van der Waals surface area contributed by atoms with Gasteiger partial charge in [0.15, 0.2) is 0 Å². The number of sulfonamides is 1. The van der Waals surface area contributed by atoms with E-state index in [2.05, 4.69) is 5.32 Å². The molecule has 0 radical (unpaired) electrons. The fourth-order valence-electron chi connectivity index (χ4n) is 1.27. The normalized spacial score (nSPS) is 11.8. The van der Waals surface area contributed by atoms with E-state index in [9.17, 15) is 13.2 Å². The van der Waals surface area contributed by atoms with Gasteiger partial charge in [0.25, 0.3) is 0 Å². The largest absolute Gasteiger partial charge is 0.383 e. The van der Waals surface area contributed by atoms with Crippen LogP contribution in [0, 0.1) is 0 Å². The van der Waals surface area contributed by atoms with Crippen LogP contribution in [0.5, 0.6) is 0 Å². The molecule has 0 aromatic carbocycles. The topological polar surface area (TPSA) is 75.7 Å². The van der Waals surface area contributed by atoms with Crippen molar-refractivity contribution in [3.63, 3.8) is 0 Å². The van der Waals surface area contributed by atoms with Gasteiger partial charge in [-0.05, 0) is 6.42 Å². The molecule has 17 heavy (non-hydrogen) atoms. The van der Waals surface area contributed by atoms with Crippen LogP contribution in [0.15, 0.2) is 0 Å². The fraction of sp³-hybridized carbons (Fsp3) is 0.900. The van der Waals surface area contributed by atoms with Crippen LogP contribution in [-0.4, -0.2) is 58.2 Å². The summed E-state index contributed by atoms with van der Waals surface area (Å²) in [5.74, 6) is -0.0484. The predicted octanol–water partition coefficient (Wildman–Crippen LogP) is -0.189. The van der Waals surface area contributed by atoms with E-state index >= 15 is 0 Å². The van der Waals surface area contributed by atoms with Crippen molar-refractivity contribution in [1.29, 1.82) is 0 Å². The molecule has 6 nitrogen and oxygen atoms in total. The number of rotatable bonds is 9. The molecule has 0 unspecified atom stereocenters. The zero-order valence-corrected chi connectivity index (χ0v) is 11.5. The zero-order chi connectivity index (χ0) is 13.3. The monoisotopic (exact) mass is 266 g/mol. The SMILES string of the molecule is CCCC(=O)NCCN(CCOC)S(C)(=O)=O. The molecule has 0 aliphatic carbocycles. The molecule has 0 spiro atoms. The molecule has 1 N–H and O–H groups in total. The highest BCUT2D eigenvalue weighted by molar-refractivity contribution is 7.88. The lowest BCUT2D eigenvalue weighted by Gasteiger charge is -2.19. The number of hydrogen-bond acceptors (Lipinski definition) is 4. The van der Waals surface area contributed by atoms with E-state index in [-0.39, 0.29) is 12.5 Å². The molecule has 1 amide bonds. The maximum absolute atomic E-state index is 11.4. The van der Waals surface area contributed by atoms with Gasteiger partial charge in [0.05, 0.1) is 12.9 Å². The smallest absolute Gasteiger partial charge is 0.220 e. The average molecular weight is 266 g/mol. The van der Waals surface area contributed by atoms with Crippen LogP contribution in [0.2, 0.25) is 0 Å². The van der Waals surface area contributed by atoms with Crippen LogP contribution in [0.4, 0.5) is 0 Å². The number of nitrogens with zero attached hydrogens (tertiary/aromatic N) is 1. The van der Waals surface area contributed by atoms with E-state index in [1.807, 2.05) is 6.92 Å². The third-order valence-electron chi connectivity index (χ3n) is 2.17. The van der Waals surface area contributed by atoms with E-state index in [1.54, 1.807) is 0 Å². The molecular formula is C10H22N2O4S. The van der Waals surface area contributed by atoms with Crippen molar-refractivity contribution in [2.45, 2.75) is 19.8 Å². The van der Waals surface area contributed by atoms with Crippen LogP contribution in [-0.2, 0) is 19.6 Å². The highest BCUT2D eigenvalue weighted by Crippen LogP contribution is 1.96. The molecule has 0 fully saturated rings. The third kappa shape index (κ3) is 8.12. The second-order valence-corrected chi connectivity index (χ2v) is 5.74. The lowest BCUT2D eigenvalue weighted by molar-refractivity contribution is -0.121. The Morgan fingerprint density at radius 3 is 2.47 bits per heavy atom. The van der Waals surface area contributed by atoms with E-state index in [4.69, 9.17) is 4.74 Å². The first-order chi connectivity index (χ1) is 7.91. The van der Waals surface area contributed by atoms with Crippen LogP contribution in [0.3, 0.4) is 0 Å². The van der Waals surface area contributed by atoms with Crippen molar-refractivity contribution in [1.82, 2.24) is 9.62 Å². The Bertz CT molecular complexity index is 316. The Labute approximate surface area is 103 Å². The van der Waals surface area contributed by atoms with Gasteiger partial charge < -0.3 is 10.1 Å². The number of hydrogen-bond donors (Lipinski definition) is 1. The second-order valence-electron chi connectivity index (χ2n) is 3.75. The summed E-state index contributed by atoms with van der Waals surface area (Å²) in [7, 11) is -1.73. The number of ether oxygens (including phenoxy) is 1. The Hall–Kier alpha value is -0.660. The van der Waals surface area contributed by atoms with Gasteiger partial charge in [-0.25, -0.2) is 8.42 Å². The Balaban J connectivity index is 4.05. The lowest BCUT2D eigenvalue weighted by Crippen LogP contribution is -2.39. The first kappa shape index (κ1) is 16.3. The molecule has 102 valence electrons. The van der Waals surface area contributed by atoms with Gasteiger partial charge in [0.2, 0.25) is 15.9 Å². The first-order valence-corrected chi connectivity index (χ1v) is 7.47. The van der Waals surface area contributed by atoms with Gasteiger partial charge in [-0.15, -0.1) is 0 Å². The number of carbonyl (C=O) groups is 1. The third-order valence-corrected chi connectivity index (χ3v) is 3.48. The summed E-state index contributed by atoms with van der Waals surface area (Å²) in [5.41, 5.74) is 0. The second kappa shape index (κ2) is 8.43. The van der Waals surface area contributed by atoms with Gasteiger partial charge in [-0.2, -0.15) is 4.31 Å². The molecule has 0 atom stereocenters. The maximum Gasteiger partial charge on any atom is 0.220 e. The van der Waals surface area contributed by atoms with Crippen molar-refractivity contribution in [2.75, 3.05) is 39.6 Å². The van der Waals surface area contributed by atoms with Gasteiger partial charge in [-0.3, -0.25) is 4.79 Å². The van der Waals surface area contributed by atoms with E-state index in [1.165, 1.54) is 11.4 Å². The van der Waals surface area contributed by atoms with Gasteiger partial charge in [0, 0.05) is 33.2 Å². The highest BCUT2D eigenvalue weighted by Gasteiger charge is 2.15. The van der Waals surface area contributed by atoms with Crippen molar-refractivity contribution in [3.8, 4) is 0 Å². The van der Waals surface area contributed by atoms with E-state index in [0.29, 0.717) is 26.1 Å². The molecule has 0 aromatic rings. The molecule has 0 rings (SSSR count). The van der Waals surface area contributed by atoms with Crippen molar-refractivity contribution < 1.29 is 17.9 Å². The maximum atomic E-state index is 11.4. The molecule has 0 aliphatic rings. The summed E-state index contributed by atoms with van der Waals surface area (Å²) in [6.07, 6.45) is 2.40. The highest BCUT2D eigenvalue weighted by atomic mass is 32.2. The average Bonchev–Trinajstić information content (AvgIpc) is 2.21. The van der Waals surface area contributed by atoms with Gasteiger partial charge in [0.1, 0.15) is 0 Å². The standard InChI is InChI=1S/C10H22N2O4S/c1-4-5-10(13)11-6-7-12(8-9-16-2)17(3,14)15/h4-9H2,1-3H3,(H,11,13). The summed E-state index contributed by atoms with van der Waals surface area (Å²) in [5, 5.41) is 2.68. The van der Waals surface area contributed by atoms with Crippen LogP contribution >= 0.6 is 0 Å². The van der Waals surface area contributed by atoms with E-state index < -0.39 is 10.0 Å². The summed E-state index contributed by atoms with van der Waals surface area (Å²) < 4.78 is 28.9. The van der Waals surface area contributed by atoms with Crippen molar-refractivity contribution >= 4 is 15.9 Å². The predicted molar refractivity (Wildman–Crippen MR) is 66.2 cm³/mol. The summed E-state index contributed by atoms with van der Waals surface area (Å²) in [6.45, 7) is 3.17. The summed E-state index contributed by atoms with van der Waals surface area (Å²) in [6, 6.07) is 0. The van der Waals surface area contributed by atoms with Crippen molar-refractivity contribution in [2.24, 2.45) is 0 Å². The summed E-state index contributed by atoms with van der Waals surface area (Å²) >= 11 is 0. The van der Waals surface area contributed by atoms with Crippen molar-refractivity contribution in [3.05, 3.63) is 0 Å². The number of nitrogens with one attached hydrogen (secondary N) is 1. The minimum absolute atomic E-state index is 0.0484. The molecule has 0 aromatic heterocycles. The minimum Gasteiger partial charge on any atom is -0.383 e. The molecule has 0 bridgehead atoms. The molecule has 0 saturated carbocycles. The molecular weight excluding hydrogens is 244 g/mol. The lowest BCUT2D eigenvalue weighted by atomic mass is 10.3. The molecule has 0 aliphatic heterocycles. The first-order valence-electron chi connectivity index (χ1n) is 5.62. The molecule has 0 heterocycles. The quantitative estimate of drug-likeness (QED) is 0.627.